The number of hydrogen-bond donors (Lipinski definition) is 0. The van der Waals surface area contributed by atoms with Crippen LogP contribution in [0.4, 0.5) is 4.39 Å². The van der Waals surface area contributed by atoms with Gasteiger partial charge in [-0.25, -0.2) is 4.39 Å². The van der Waals surface area contributed by atoms with Gasteiger partial charge in [0.2, 0.25) is 0 Å². The van der Waals surface area contributed by atoms with Crippen LogP contribution in [0.3, 0.4) is 0 Å². The monoisotopic (exact) mass is 322 g/mol. The smallest absolute Gasteiger partial charge is 0.192 e. The lowest BCUT2D eigenvalue weighted by atomic mass is 10.2. The van der Waals surface area contributed by atoms with Crippen LogP contribution in [0.1, 0.15) is 39.7 Å². The Morgan fingerprint density at radius 2 is 1.86 bits per heavy atom. The second-order valence-electron chi connectivity index (χ2n) is 6.75. The SMILES string of the molecule is CCC#Cc1cc(F)ccc1OCCO[Si](C)(C)C(C)(C)C. The number of hydrogen-bond acceptors (Lipinski definition) is 2. The average Bonchev–Trinajstić information content (AvgIpc) is 2.41. The largest absolute Gasteiger partial charge is 0.490 e. The molecule has 0 saturated heterocycles. The molecule has 4 heteroatoms. The van der Waals surface area contributed by atoms with Gasteiger partial charge in [0.25, 0.3) is 0 Å². The highest BCUT2D eigenvalue weighted by atomic mass is 28.4. The minimum absolute atomic E-state index is 0.181. The van der Waals surface area contributed by atoms with E-state index in [-0.39, 0.29) is 10.9 Å². The highest BCUT2D eigenvalue weighted by Crippen LogP contribution is 2.36. The van der Waals surface area contributed by atoms with Crippen LogP contribution in [0, 0.1) is 17.7 Å². The summed E-state index contributed by atoms with van der Waals surface area (Å²) in [7, 11) is -1.75. The first kappa shape index (κ1) is 18.7. The van der Waals surface area contributed by atoms with Gasteiger partial charge in [0.05, 0.1) is 12.2 Å². The van der Waals surface area contributed by atoms with Crippen molar-refractivity contribution in [2.24, 2.45) is 0 Å². The summed E-state index contributed by atoms with van der Waals surface area (Å²) in [5.74, 6) is 6.20. The molecule has 0 aromatic heterocycles. The molecule has 0 heterocycles. The molecule has 22 heavy (non-hydrogen) atoms. The number of ether oxygens (including phenoxy) is 1. The van der Waals surface area contributed by atoms with Crippen LogP contribution in [-0.4, -0.2) is 21.5 Å². The molecule has 0 radical (unpaired) electrons. The molecular weight excluding hydrogens is 295 g/mol. The summed E-state index contributed by atoms with van der Waals surface area (Å²) in [6, 6.07) is 4.43. The first-order valence-corrected chi connectivity index (χ1v) is 10.6. The summed E-state index contributed by atoms with van der Waals surface area (Å²) in [4.78, 5) is 0. The number of halogens is 1. The molecule has 0 unspecified atom stereocenters. The van der Waals surface area contributed by atoms with Crippen LogP contribution in [0.25, 0.3) is 0 Å². The van der Waals surface area contributed by atoms with E-state index in [2.05, 4.69) is 45.7 Å². The Morgan fingerprint density at radius 3 is 2.45 bits per heavy atom. The third kappa shape index (κ3) is 5.47. The highest BCUT2D eigenvalue weighted by Gasteiger charge is 2.36. The third-order valence-corrected chi connectivity index (χ3v) is 8.49. The normalized spacial score (nSPS) is 11.8. The lowest BCUT2D eigenvalue weighted by Gasteiger charge is -2.36. The van der Waals surface area contributed by atoms with Gasteiger partial charge in [0.1, 0.15) is 18.2 Å². The lowest BCUT2D eigenvalue weighted by Crippen LogP contribution is -2.41. The van der Waals surface area contributed by atoms with Crippen molar-refractivity contribution in [3.05, 3.63) is 29.6 Å². The van der Waals surface area contributed by atoms with E-state index in [9.17, 15) is 4.39 Å². The molecule has 2 nitrogen and oxygen atoms in total. The Labute approximate surface area is 135 Å². The van der Waals surface area contributed by atoms with E-state index in [1.807, 2.05) is 6.92 Å². The molecule has 1 rings (SSSR count). The van der Waals surface area contributed by atoms with Crippen molar-refractivity contribution in [1.82, 2.24) is 0 Å². The summed E-state index contributed by atoms with van der Waals surface area (Å²) < 4.78 is 25.1. The predicted molar refractivity (Wildman–Crippen MR) is 92.2 cm³/mol. The van der Waals surface area contributed by atoms with E-state index >= 15 is 0 Å². The fourth-order valence-electron chi connectivity index (χ4n) is 1.57. The van der Waals surface area contributed by atoms with Crippen LogP contribution in [0.2, 0.25) is 18.1 Å². The van der Waals surface area contributed by atoms with E-state index in [0.29, 0.717) is 24.5 Å². The second-order valence-corrected chi connectivity index (χ2v) is 11.6. The lowest BCUT2D eigenvalue weighted by molar-refractivity contribution is 0.203. The van der Waals surface area contributed by atoms with Gasteiger partial charge in [0, 0.05) is 6.42 Å². The molecule has 0 atom stereocenters. The molecule has 0 aliphatic heterocycles. The Kier molecular flexibility index (Phi) is 6.64. The van der Waals surface area contributed by atoms with E-state index < -0.39 is 8.32 Å². The standard InChI is InChI=1S/C18H27FO2Si/c1-7-8-9-15-14-16(19)10-11-17(15)20-12-13-21-22(5,6)18(2,3)4/h10-11,14H,7,12-13H2,1-6H3. The molecule has 0 N–H and O–H groups in total. The Bertz CT molecular complexity index is 550. The maximum absolute atomic E-state index is 13.3. The number of rotatable bonds is 5. The van der Waals surface area contributed by atoms with Crippen LogP contribution in [0.15, 0.2) is 18.2 Å². The maximum Gasteiger partial charge on any atom is 0.192 e. The molecule has 0 bridgehead atoms. The van der Waals surface area contributed by atoms with Gasteiger partial charge in [-0.2, -0.15) is 0 Å². The molecule has 1 aromatic carbocycles. The van der Waals surface area contributed by atoms with Gasteiger partial charge in [-0.15, -0.1) is 0 Å². The van der Waals surface area contributed by atoms with Crippen LogP contribution >= 0.6 is 0 Å². The first-order valence-electron chi connectivity index (χ1n) is 7.72. The summed E-state index contributed by atoms with van der Waals surface area (Å²) in [5, 5.41) is 0.181. The van der Waals surface area contributed by atoms with Gasteiger partial charge < -0.3 is 9.16 Å². The van der Waals surface area contributed by atoms with Crippen molar-refractivity contribution in [3.63, 3.8) is 0 Å². The predicted octanol–water partition coefficient (Wildman–Crippen LogP) is 4.99. The van der Waals surface area contributed by atoms with E-state index in [0.717, 1.165) is 6.42 Å². The van der Waals surface area contributed by atoms with Gasteiger partial charge in [-0.3, -0.25) is 0 Å². The first-order chi connectivity index (χ1) is 10.2. The zero-order valence-corrected chi connectivity index (χ0v) is 15.5. The van der Waals surface area contributed by atoms with Crippen LogP contribution in [-0.2, 0) is 4.43 Å². The number of benzene rings is 1. The molecule has 0 fully saturated rings. The Morgan fingerprint density at radius 1 is 1.18 bits per heavy atom. The summed E-state index contributed by atoms with van der Waals surface area (Å²) in [6.07, 6.45) is 0.727. The quantitative estimate of drug-likeness (QED) is 0.432. The van der Waals surface area contributed by atoms with Crippen molar-refractivity contribution in [1.29, 1.82) is 0 Å². The fraction of sp³-hybridized carbons (Fsp3) is 0.556. The van der Waals surface area contributed by atoms with Crippen molar-refractivity contribution in [2.75, 3.05) is 13.2 Å². The van der Waals surface area contributed by atoms with Crippen molar-refractivity contribution >= 4 is 8.32 Å². The molecule has 0 aliphatic rings. The minimum atomic E-state index is -1.75. The van der Waals surface area contributed by atoms with Crippen LogP contribution in [0.5, 0.6) is 5.75 Å². The highest BCUT2D eigenvalue weighted by molar-refractivity contribution is 6.74. The molecule has 1 aromatic rings. The Hall–Kier alpha value is -1.31. The molecular formula is C18H27FO2Si. The van der Waals surface area contributed by atoms with Gasteiger partial charge in [-0.05, 0) is 36.3 Å². The summed E-state index contributed by atoms with van der Waals surface area (Å²) in [6.45, 7) is 14.0. The van der Waals surface area contributed by atoms with Gasteiger partial charge >= 0.3 is 0 Å². The molecule has 0 spiro atoms. The maximum atomic E-state index is 13.3. The molecule has 0 amide bonds. The van der Waals surface area contributed by atoms with E-state index in [4.69, 9.17) is 9.16 Å². The van der Waals surface area contributed by atoms with Crippen molar-refractivity contribution < 1.29 is 13.6 Å². The zero-order chi connectivity index (χ0) is 16.8. The average molecular weight is 322 g/mol. The van der Waals surface area contributed by atoms with E-state index in [1.165, 1.54) is 12.1 Å². The summed E-state index contributed by atoms with van der Waals surface area (Å²) in [5.41, 5.74) is 0.592. The van der Waals surface area contributed by atoms with Crippen molar-refractivity contribution in [3.8, 4) is 17.6 Å². The van der Waals surface area contributed by atoms with E-state index in [1.54, 1.807) is 6.07 Å². The van der Waals surface area contributed by atoms with Gasteiger partial charge in [-0.1, -0.05) is 39.5 Å². The molecule has 0 saturated carbocycles. The Balaban J connectivity index is 2.62. The topological polar surface area (TPSA) is 18.5 Å². The molecule has 122 valence electrons. The van der Waals surface area contributed by atoms with Gasteiger partial charge in [0.15, 0.2) is 8.32 Å². The summed E-state index contributed by atoms with van der Waals surface area (Å²) >= 11 is 0. The minimum Gasteiger partial charge on any atom is -0.490 e. The molecule has 0 aliphatic carbocycles. The fourth-order valence-corrected chi connectivity index (χ4v) is 2.60. The second kappa shape index (κ2) is 7.80. The van der Waals surface area contributed by atoms with Crippen LogP contribution < -0.4 is 4.74 Å². The van der Waals surface area contributed by atoms with Crippen molar-refractivity contribution in [2.45, 2.75) is 52.2 Å². The zero-order valence-electron chi connectivity index (χ0n) is 14.5. The third-order valence-electron chi connectivity index (χ3n) is 3.95.